The average molecular weight is 418 g/mol. The number of ether oxygens (including phenoxy) is 1. The van der Waals surface area contributed by atoms with E-state index in [1.807, 2.05) is 20.8 Å². The van der Waals surface area contributed by atoms with Crippen molar-refractivity contribution in [2.24, 2.45) is 0 Å². The van der Waals surface area contributed by atoms with Crippen molar-refractivity contribution in [1.29, 1.82) is 0 Å². The third kappa shape index (κ3) is 4.50. The fraction of sp³-hybridized carbons (Fsp3) is 0.636. The number of carbonyl (C=O) groups excluding carboxylic acids is 1. The lowest BCUT2D eigenvalue weighted by atomic mass is 10.1. The number of methoxy groups -OCH3 is 1. The molecular weight excluding hydrogens is 385 g/mol. The van der Waals surface area contributed by atoms with Crippen LogP contribution in [-0.2, 0) is 16.1 Å². The maximum Gasteiger partial charge on any atom is 0.234 e. The van der Waals surface area contributed by atoms with Crippen LogP contribution in [0.3, 0.4) is 0 Å². The molecule has 2 unspecified atom stereocenters. The van der Waals surface area contributed by atoms with E-state index in [4.69, 9.17) is 4.74 Å². The summed E-state index contributed by atoms with van der Waals surface area (Å²) in [6.07, 6.45) is 2.22. The van der Waals surface area contributed by atoms with Crippen molar-refractivity contribution in [1.82, 2.24) is 25.1 Å². The number of halogens is 1. The number of hydrogen-bond donors (Lipinski definition) is 2. The van der Waals surface area contributed by atoms with Gasteiger partial charge in [-0.3, -0.25) is 14.6 Å². The summed E-state index contributed by atoms with van der Waals surface area (Å²) in [6, 6.07) is 3.78. The Balaban J connectivity index is 1.37. The number of aromatic nitrogens is 2. The van der Waals surface area contributed by atoms with E-state index >= 15 is 0 Å². The fourth-order valence-corrected chi connectivity index (χ4v) is 5.03. The van der Waals surface area contributed by atoms with E-state index in [9.17, 15) is 9.18 Å². The second kappa shape index (κ2) is 8.24. The molecule has 0 saturated carbocycles. The quantitative estimate of drug-likeness (QED) is 0.723. The molecule has 2 fully saturated rings. The van der Waals surface area contributed by atoms with Gasteiger partial charge in [0.15, 0.2) is 0 Å². The van der Waals surface area contributed by atoms with Crippen LogP contribution in [0.25, 0.3) is 11.0 Å². The molecule has 2 aliphatic rings. The predicted molar refractivity (Wildman–Crippen MR) is 114 cm³/mol. The Morgan fingerprint density at radius 1 is 1.33 bits per heavy atom. The molecule has 3 heterocycles. The molecule has 1 aromatic carbocycles. The zero-order valence-electron chi connectivity index (χ0n) is 18.3. The highest BCUT2D eigenvalue weighted by Gasteiger charge is 2.41. The van der Waals surface area contributed by atoms with Crippen molar-refractivity contribution >= 4 is 16.9 Å². The number of imidazole rings is 1. The third-order valence-corrected chi connectivity index (χ3v) is 6.18. The zero-order valence-corrected chi connectivity index (χ0v) is 18.3. The Hall–Kier alpha value is -2.03. The summed E-state index contributed by atoms with van der Waals surface area (Å²) in [5.41, 5.74) is 2.06. The van der Waals surface area contributed by atoms with Crippen molar-refractivity contribution in [3.63, 3.8) is 0 Å². The minimum atomic E-state index is -0.369. The molecule has 8 heteroatoms. The number of nitrogens with one attached hydrogen (secondary N) is 2. The third-order valence-electron chi connectivity index (χ3n) is 6.18. The van der Waals surface area contributed by atoms with Gasteiger partial charge >= 0.3 is 0 Å². The SMILES string of the molecule is COCC(C)(C)NC(=O)CN1C2CCC1CN(Cc1nc3c(C)cc(F)cc3[nH]1)C2. The first kappa shape index (κ1) is 21.2. The van der Waals surface area contributed by atoms with Crippen molar-refractivity contribution in [3.05, 3.63) is 29.3 Å². The van der Waals surface area contributed by atoms with Gasteiger partial charge in [-0.05, 0) is 51.3 Å². The van der Waals surface area contributed by atoms with Crippen LogP contribution in [0.1, 0.15) is 38.1 Å². The number of likely N-dealkylation sites (tertiary alicyclic amines) is 1. The summed E-state index contributed by atoms with van der Waals surface area (Å²) >= 11 is 0. The highest BCUT2D eigenvalue weighted by Crippen LogP contribution is 2.30. The van der Waals surface area contributed by atoms with Gasteiger partial charge in [0, 0.05) is 32.3 Å². The van der Waals surface area contributed by atoms with Crippen LogP contribution in [0.15, 0.2) is 12.1 Å². The normalized spacial score (nSPS) is 22.7. The Bertz CT molecular complexity index is 914. The number of piperazine rings is 1. The number of rotatable bonds is 7. The van der Waals surface area contributed by atoms with Gasteiger partial charge in [0.2, 0.25) is 5.91 Å². The van der Waals surface area contributed by atoms with Crippen LogP contribution in [0, 0.1) is 12.7 Å². The lowest BCUT2D eigenvalue weighted by Gasteiger charge is -2.40. The smallest absolute Gasteiger partial charge is 0.234 e. The Labute approximate surface area is 177 Å². The van der Waals surface area contributed by atoms with Gasteiger partial charge in [0.1, 0.15) is 11.6 Å². The molecule has 4 rings (SSSR count). The van der Waals surface area contributed by atoms with Crippen molar-refractivity contribution < 1.29 is 13.9 Å². The molecule has 2 aliphatic heterocycles. The number of aromatic amines is 1. The van der Waals surface area contributed by atoms with Crippen LogP contribution >= 0.6 is 0 Å². The average Bonchev–Trinajstić information content (AvgIpc) is 3.12. The summed E-state index contributed by atoms with van der Waals surface area (Å²) in [7, 11) is 1.65. The molecule has 164 valence electrons. The van der Waals surface area contributed by atoms with Crippen molar-refractivity contribution in [2.75, 3.05) is 33.4 Å². The minimum absolute atomic E-state index is 0.0530. The summed E-state index contributed by atoms with van der Waals surface area (Å²) in [5, 5.41) is 3.08. The molecule has 1 aromatic heterocycles. The van der Waals surface area contributed by atoms with E-state index in [-0.39, 0.29) is 17.3 Å². The van der Waals surface area contributed by atoms with E-state index < -0.39 is 0 Å². The lowest BCUT2D eigenvalue weighted by Crippen LogP contribution is -2.57. The van der Waals surface area contributed by atoms with E-state index in [1.54, 1.807) is 7.11 Å². The van der Waals surface area contributed by atoms with Crippen LogP contribution in [0.4, 0.5) is 4.39 Å². The summed E-state index contributed by atoms with van der Waals surface area (Å²) < 4.78 is 18.9. The van der Waals surface area contributed by atoms with Crippen LogP contribution in [0.2, 0.25) is 0 Å². The number of aryl methyl sites for hydroxylation is 1. The monoisotopic (exact) mass is 417 g/mol. The molecule has 1 amide bonds. The van der Waals surface area contributed by atoms with E-state index in [1.165, 1.54) is 12.1 Å². The number of hydrogen-bond acceptors (Lipinski definition) is 5. The van der Waals surface area contributed by atoms with Crippen LogP contribution in [-0.4, -0.2) is 76.6 Å². The second-order valence-electron chi connectivity index (χ2n) is 9.42. The molecule has 2 aromatic rings. The fourth-order valence-electron chi connectivity index (χ4n) is 5.03. The molecule has 7 nitrogen and oxygen atoms in total. The first-order chi connectivity index (χ1) is 14.2. The number of fused-ring (bicyclic) bond motifs is 3. The van der Waals surface area contributed by atoms with Gasteiger partial charge in [-0.25, -0.2) is 9.37 Å². The molecule has 2 atom stereocenters. The highest BCUT2D eigenvalue weighted by atomic mass is 19.1. The number of benzene rings is 1. The molecule has 2 bridgehead atoms. The number of nitrogens with zero attached hydrogens (tertiary/aromatic N) is 3. The summed E-state index contributed by atoms with van der Waals surface area (Å²) in [6.45, 7) is 9.28. The number of amides is 1. The van der Waals surface area contributed by atoms with Gasteiger partial charge in [0.25, 0.3) is 0 Å². The topological polar surface area (TPSA) is 73.5 Å². The van der Waals surface area contributed by atoms with Gasteiger partial charge in [-0.2, -0.15) is 0 Å². The van der Waals surface area contributed by atoms with Gasteiger partial charge in [0.05, 0.1) is 36.3 Å². The lowest BCUT2D eigenvalue weighted by molar-refractivity contribution is -0.126. The van der Waals surface area contributed by atoms with Gasteiger partial charge < -0.3 is 15.0 Å². The molecule has 2 N–H and O–H groups in total. The Morgan fingerprint density at radius 2 is 2.03 bits per heavy atom. The van der Waals surface area contributed by atoms with E-state index in [0.717, 1.165) is 48.4 Å². The Morgan fingerprint density at radius 3 is 2.70 bits per heavy atom. The maximum atomic E-state index is 13.7. The minimum Gasteiger partial charge on any atom is -0.382 e. The number of carbonyl (C=O) groups is 1. The maximum absolute atomic E-state index is 13.7. The molecule has 2 saturated heterocycles. The van der Waals surface area contributed by atoms with Crippen LogP contribution in [0.5, 0.6) is 0 Å². The summed E-state index contributed by atoms with van der Waals surface area (Å²) in [4.78, 5) is 25.3. The van der Waals surface area contributed by atoms with Crippen molar-refractivity contribution in [3.8, 4) is 0 Å². The Kier molecular flexibility index (Phi) is 5.83. The largest absolute Gasteiger partial charge is 0.382 e. The molecule has 0 radical (unpaired) electrons. The van der Waals surface area contributed by atoms with E-state index in [0.29, 0.717) is 31.8 Å². The standard InChI is InChI=1S/C22H32FN5O2/c1-14-7-15(23)8-18-21(14)25-19(24-18)11-27-9-16-5-6-17(10-27)28(16)12-20(29)26-22(2,3)13-30-4/h7-8,16-17H,5-6,9-13H2,1-4H3,(H,24,25)(H,26,29). The zero-order chi connectivity index (χ0) is 21.5. The molecular formula is C22H32FN5O2. The first-order valence-corrected chi connectivity index (χ1v) is 10.7. The molecule has 30 heavy (non-hydrogen) atoms. The predicted octanol–water partition coefficient (Wildman–Crippen LogP) is 2.20. The first-order valence-electron chi connectivity index (χ1n) is 10.7. The van der Waals surface area contributed by atoms with Gasteiger partial charge in [-0.15, -0.1) is 0 Å². The number of H-pyrrole nitrogens is 1. The summed E-state index contributed by atoms with van der Waals surface area (Å²) in [5.74, 6) is 0.677. The molecule has 0 spiro atoms. The van der Waals surface area contributed by atoms with Gasteiger partial charge in [-0.1, -0.05) is 0 Å². The van der Waals surface area contributed by atoms with Crippen LogP contribution < -0.4 is 5.32 Å². The highest BCUT2D eigenvalue weighted by molar-refractivity contribution is 5.79. The second-order valence-corrected chi connectivity index (χ2v) is 9.42. The van der Waals surface area contributed by atoms with E-state index in [2.05, 4.69) is 25.1 Å². The van der Waals surface area contributed by atoms with Crippen molar-refractivity contribution in [2.45, 2.75) is 57.8 Å². The molecule has 0 aliphatic carbocycles.